The molecule has 0 aliphatic rings. The SMILES string of the molecule is Nn1c(SCc2nccn2Cc2ccccc2)nnc1-c1ccccc1Br. The molecule has 0 saturated carbocycles. The van der Waals surface area contributed by atoms with E-state index < -0.39 is 0 Å². The molecule has 0 atom stereocenters. The Labute approximate surface area is 169 Å². The Bertz CT molecular complexity index is 1040. The van der Waals surface area contributed by atoms with Crippen LogP contribution in [0, 0.1) is 0 Å². The third-order valence-corrected chi connectivity index (χ3v) is 5.74. The van der Waals surface area contributed by atoms with Crippen LogP contribution in [0.1, 0.15) is 11.4 Å². The molecule has 4 rings (SSSR count). The van der Waals surface area contributed by atoms with Crippen molar-refractivity contribution in [1.29, 1.82) is 0 Å². The molecule has 0 amide bonds. The van der Waals surface area contributed by atoms with E-state index in [1.807, 2.05) is 54.9 Å². The lowest BCUT2D eigenvalue weighted by atomic mass is 10.2. The van der Waals surface area contributed by atoms with E-state index in [-0.39, 0.29) is 0 Å². The summed E-state index contributed by atoms with van der Waals surface area (Å²) in [6.07, 6.45) is 3.81. The number of halogens is 1. The molecule has 0 radical (unpaired) electrons. The molecule has 0 aliphatic heterocycles. The van der Waals surface area contributed by atoms with Gasteiger partial charge in [0, 0.05) is 29.0 Å². The van der Waals surface area contributed by atoms with E-state index >= 15 is 0 Å². The van der Waals surface area contributed by atoms with Gasteiger partial charge in [-0.25, -0.2) is 9.66 Å². The number of nitrogens with zero attached hydrogens (tertiary/aromatic N) is 5. The second kappa shape index (κ2) is 7.98. The average molecular weight is 441 g/mol. The highest BCUT2D eigenvalue weighted by Gasteiger charge is 2.15. The summed E-state index contributed by atoms with van der Waals surface area (Å²) in [5.74, 6) is 8.48. The Morgan fingerprint density at radius 1 is 1.00 bits per heavy atom. The standard InChI is InChI=1S/C19H17BrN6S/c20-16-9-5-4-8-15(16)18-23-24-19(26(18)21)27-13-17-22-10-11-25(17)12-14-6-2-1-3-7-14/h1-11H,12-13,21H2. The number of aromatic nitrogens is 5. The molecular formula is C19H17BrN6S. The normalized spacial score (nSPS) is 11.0. The Morgan fingerprint density at radius 3 is 2.59 bits per heavy atom. The molecule has 0 unspecified atom stereocenters. The summed E-state index contributed by atoms with van der Waals surface area (Å²) >= 11 is 5.05. The molecule has 0 saturated heterocycles. The van der Waals surface area contributed by atoms with Gasteiger partial charge in [-0.05, 0) is 17.7 Å². The van der Waals surface area contributed by atoms with Crippen molar-refractivity contribution in [2.75, 3.05) is 5.84 Å². The van der Waals surface area contributed by atoms with E-state index in [0.29, 0.717) is 16.7 Å². The summed E-state index contributed by atoms with van der Waals surface area (Å²) in [6, 6.07) is 18.1. The van der Waals surface area contributed by atoms with Crippen LogP contribution in [-0.4, -0.2) is 24.4 Å². The number of thioether (sulfide) groups is 1. The molecule has 2 heterocycles. The second-order valence-electron chi connectivity index (χ2n) is 5.90. The maximum Gasteiger partial charge on any atom is 0.210 e. The summed E-state index contributed by atoms with van der Waals surface area (Å²) < 4.78 is 4.59. The van der Waals surface area contributed by atoms with Crippen molar-refractivity contribution < 1.29 is 0 Å². The molecule has 8 heteroatoms. The third-order valence-electron chi connectivity index (χ3n) is 4.11. The van der Waals surface area contributed by atoms with Gasteiger partial charge in [-0.1, -0.05) is 70.2 Å². The van der Waals surface area contributed by atoms with Gasteiger partial charge >= 0.3 is 0 Å². The predicted molar refractivity (Wildman–Crippen MR) is 111 cm³/mol. The maximum atomic E-state index is 6.23. The monoisotopic (exact) mass is 440 g/mol. The van der Waals surface area contributed by atoms with Crippen LogP contribution in [0.5, 0.6) is 0 Å². The molecule has 0 aliphatic carbocycles. The van der Waals surface area contributed by atoms with Crippen molar-refractivity contribution in [3.63, 3.8) is 0 Å². The zero-order valence-electron chi connectivity index (χ0n) is 14.4. The molecule has 0 bridgehead atoms. The van der Waals surface area contributed by atoms with Crippen LogP contribution in [0.25, 0.3) is 11.4 Å². The Kier molecular flexibility index (Phi) is 5.26. The fourth-order valence-electron chi connectivity index (χ4n) is 2.74. The molecule has 136 valence electrons. The molecule has 6 nitrogen and oxygen atoms in total. The molecule has 27 heavy (non-hydrogen) atoms. The number of benzene rings is 2. The molecule has 4 aromatic rings. The number of nitrogens with two attached hydrogens (primary N) is 1. The van der Waals surface area contributed by atoms with Gasteiger partial charge in [0.2, 0.25) is 5.16 Å². The summed E-state index contributed by atoms with van der Waals surface area (Å²) in [6.45, 7) is 0.786. The van der Waals surface area contributed by atoms with Gasteiger partial charge in [-0.2, -0.15) is 0 Å². The van der Waals surface area contributed by atoms with Crippen molar-refractivity contribution in [1.82, 2.24) is 24.4 Å². The van der Waals surface area contributed by atoms with Gasteiger partial charge in [0.15, 0.2) is 5.82 Å². The number of nitrogen functional groups attached to an aromatic ring is 1. The van der Waals surface area contributed by atoms with Crippen LogP contribution in [-0.2, 0) is 12.3 Å². The molecule has 0 fully saturated rings. The van der Waals surface area contributed by atoms with E-state index in [9.17, 15) is 0 Å². The zero-order valence-corrected chi connectivity index (χ0v) is 16.8. The summed E-state index contributed by atoms with van der Waals surface area (Å²) in [4.78, 5) is 4.47. The largest absolute Gasteiger partial charge is 0.335 e. The van der Waals surface area contributed by atoms with Crippen LogP contribution >= 0.6 is 27.7 Å². The van der Waals surface area contributed by atoms with Crippen LogP contribution < -0.4 is 5.84 Å². The molecule has 2 N–H and O–H groups in total. The van der Waals surface area contributed by atoms with Crippen molar-refractivity contribution >= 4 is 27.7 Å². The number of imidazole rings is 1. The minimum absolute atomic E-state index is 0.623. The topological polar surface area (TPSA) is 74.6 Å². The maximum absolute atomic E-state index is 6.23. The lowest BCUT2D eigenvalue weighted by Gasteiger charge is -2.08. The Morgan fingerprint density at radius 2 is 1.78 bits per heavy atom. The van der Waals surface area contributed by atoms with Crippen molar-refractivity contribution in [3.05, 3.63) is 82.9 Å². The first kappa shape index (κ1) is 17.8. The Hall–Kier alpha value is -2.58. The first-order valence-corrected chi connectivity index (χ1v) is 10.1. The van der Waals surface area contributed by atoms with Gasteiger partial charge in [-0.15, -0.1) is 10.2 Å². The van der Waals surface area contributed by atoms with Gasteiger partial charge in [0.1, 0.15) is 5.82 Å². The average Bonchev–Trinajstić information content (AvgIpc) is 3.28. The van der Waals surface area contributed by atoms with E-state index in [2.05, 4.69) is 47.8 Å². The first-order valence-electron chi connectivity index (χ1n) is 8.34. The minimum Gasteiger partial charge on any atom is -0.335 e. The highest BCUT2D eigenvalue weighted by Crippen LogP contribution is 2.28. The van der Waals surface area contributed by atoms with Crippen molar-refractivity contribution in [2.45, 2.75) is 17.5 Å². The summed E-state index contributed by atoms with van der Waals surface area (Å²) in [7, 11) is 0. The van der Waals surface area contributed by atoms with Gasteiger partial charge in [0.25, 0.3) is 0 Å². The lowest BCUT2D eigenvalue weighted by molar-refractivity contribution is 0.754. The first-order chi connectivity index (χ1) is 13.2. The summed E-state index contributed by atoms with van der Waals surface area (Å²) in [5.41, 5.74) is 2.14. The van der Waals surface area contributed by atoms with Gasteiger partial charge in [-0.3, -0.25) is 0 Å². The van der Waals surface area contributed by atoms with Crippen LogP contribution in [0.4, 0.5) is 0 Å². The van der Waals surface area contributed by atoms with E-state index in [1.165, 1.54) is 22.0 Å². The fourth-order valence-corrected chi connectivity index (χ4v) is 4.02. The minimum atomic E-state index is 0.623. The smallest absolute Gasteiger partial charge is 0.210 e. The Balaban J connectivity index is 1.49. The highest BCUT2D eigenvalue weighted by molar-refractivity contribution is 9.10. The second-order valence-corrected chi connectivity index (χ2v) is 7.70. The third kappa shape index (κ3) is 3.91. The van der Waals surface area contributed by atoms with Crippen LogP contribution in [0.3, 0.4) is 0 Å². The van der Waals surface area contributed by atoms with Crippen LogP contribution in [0.15, 0.2) is 76.6 Å². The molecule has 2 aromatic carbocycles. The summed E-state index contributed by atoms with van der Waals surface area (Å²) in [5, 5.41) is 9.13. The van der Waals surface area contributed by atoms with Crippen molar-refractivity contribution in [2.24, 2.45) is 0 Å². The van der Waals surface area contributed by atoms with E-state index in [0.717, 1.165) is 22.4 Å². The van der Waals surface area contributed by atoms with Crippen molar-refractivity contribution in [3.8, 4) is 11.4 Å². The number of hydrogen-bond acceptors (Lipinski definition) is 5. The van der Waals surface area contributed by atoms with E-state index in [4.69, 9.17) is 5.84 Å². The number of rotatable bonds is 6. The van der Waals surface area contributed by atoms with Crippen LogP contribution in [0.2, 0.25) is 0 Å². The van der Waals surface area contributed by atoms with Gasteiger partial charge < -0.3 is 10.4 Å². The highest BCUT2D eigenvalue weighted by atomic mass is 79.9. The predicted octanol–water partition coefficient (Wildman–Crippen LogP) is 3.96. The number of hydrogen-bond donors (Lipinski definition) is 1. The zero-order chi connectivity index (χ0) is 18.6. The molecular weight excluding hydrogens is 424 g/mol. The fraction of sp³-hybridized carbons (Fsp3) is 0.105. The molecule has 2 aromatic heterocycles. The lowest BCUT2D eigenvalue weighted by Crippen LogP contribution is -2.12. The quantitative estimate of drug-likeness (QED) is 0.362. The van der Waals surface area contributed by atoms with E-state index in [1.54, 1.807) is 0 Å². The molecule has 0 spiro atoms. The van der Waals surface area contributed by atoms with Gasteiger partial charge in [0.05, 0.1) is 5.75 Å².